The lowest BCUT2D eigenvalue weighted by atomic mass is 9.89. The number of likely N-dealkylation sites (tertiary alicyclic amines) is 1. The number of fused-ring (bicyclic) bond motifs is 1. The molecule has 0 spiro atoms. The highest BCUT2D eigenvalue weighted by Crippen LogP contribution is 2.32. The summed E-state index contributed by atoms with van der Waals surface area (Å²) in [6.45, 7) is 6.40. The molecule has 3 fully saturated rings. The zero-order valence-corrected chi connectivity index (χ0v) is 28.8. The number of aliphatic imine (C=N–C) groups is 1. The van der Waals surface area contributed by atoms with Gasteiger partial charge in [0.25, 0.3) is 5.56 Å². The minimum atomic E-state index is -0.388. The Morgan fingerprint density at radius 2 is 1.72 bits per heavy atom. The number of hydrogen-bond acceptors (Lipinski definition) is 9. The van der Waals surface area contributed by atoms with Crippen molar-refractivity contribution in [1.82, 2.24) is 24.6 Å². The number of anilines is 1. The first kappa shape index (κ1) is 33.7. The van der Waals surface area contributed by atoms with E-state index in [4.69, 9.17) is 4.74 Å². The summed E-state index contributed by atoms with van der Waals surface area (Å²) in [7, 11) is 3.46. The first-order valence-corrected chi connectivity index (χ1v) is 17.6. The SMILES string of the molecule is COc1cc(-c2cn(C)c(=O)c3c2C=NC3)ccc1CN1CCN(C(=O)CN2CCC(c3ccc(NC4CCC(=O)NC4=O)cc3)CC2)CC1. The van der Waals surface area contributed by atoms with Crippen LogP contribution in [0.5, 0.6) is 5.75 Å². The number of benzene rings is 2. The standard InChI is InChI=1S/C38H45N7O5/c1-42-23-32(30-20-39-21-31(30)38(42)49)27-3-4-28(34(19-27)50-2)22-44-15-17-45(18-16-44)36(47)24-43-13-11-26(12-14-43)25-5-7-29(8-6-25)40-33-9-10-35(46)41-37(33)48/h3-8,19-20,23,26,33,40H,9-18,21-22,24H2,1-2H3,(H,41,46,48). The van der Waals surface area contributed by atoms with E-state index in [2.05, 4.69) is 49.7 Å². The number of aromatic nitrogens is 1. The highest BCUT2D eigenvalue weighted by atomic mass is 16.5. The number of methoxy groups -OCH3 is 1. The predicted octanol–water partition coefficient (Wildman–Crippen LogP) is 2.73. The molecule has 5 heterocycles. The zero-order valence-electron chi connectivity index (χ0n) is 28.8. The molecule has 2 aromatic carbocycles. The Morgan fingerprint density at radius 3 is 2.44 bits per heavy atom. The molecule has 3 saturated heterocycles. The maximum atomic E-state index is 13.3. The first-order valence-electron chi connectivity index (χ1n) is 17.6. The van der Waals surface area contributed by atoms with Gasteiger partial charge in [-0.25, -0.2) is 0 Å². The minimum absolute atomic E-state index is 0.00527. The Kier molecular flexibility index (Phi) is 9.82. The summed E-state index contributed by atoms with van der Waals surface area (Å²) in [4.78, 5) is 60.3. The number of rotatable bonds is 9. The number of nitrogens with zero attached hydrogens (tertiary/aromatic N) is 5. The van der Waals surface area contributed by atoms with Crippen LogP contribution in [-0.2, 0) is 34.5 Å². The van der Waals surface area contributed by atoms with Crippen LogP contribution >= 0.6 is 0 Å². The molecule has 1 unspecified atom stereocenters. The molecule has 4 aliphatic heterocycles. The van der Waals surface area contributed by atoms with E-state index in [0.717, 1.165) is 84.8 Å². The first-order chi connectivity index (χ1) is 24.2. The van der Waals surface area contributed by atoms with E-state index in [1.165, 1.54) is 5.56 Å². The number of piperidine rings is 2. The molecule has 0 saturated carbocycles. The molecule has 1 atom stereocenters. The summed E-state index contributed by atoms with van der Waals surface area (Å²) in [6.07, 6.45) is 6.52. The summed E-state index contributed by atoms with van der Waals surface area (Å²) < 4.78 is 7.44. The van der Waals surface area contributed by atoms with Crippen LogP contribution in [0, 0.1) is 0 Å². The molecule has 2 N–H and O–H groups in total. The molecule has 3 aromatic rings. The summed E-state index contributed by atoms with van der Waals surface area (Å²) in [5.74, 6) is 0.964. The normalized spacial score (nSPS) is 20.1. The smallest absolute Gasteiger partial charge is 0.256 e. The van der Waals surface area contributed by atoms with Gasteiger partial charge in [-0.05, 0) is 67.6 Å². The Hall–Kier alpha value is -4.81. The second-order valence-corrected chi connectivity index (χ2v) is 13.8. The second-order valence-electron chi connectivity index (χ2n) is 13.8. The van der Waals surface area contributed by atoms with E-state index in [1.807, 2.05) is 29.3 Å². The van der Waals surface area contributed by atoms with Crippen LogP contribution in [0.1, 0.15) is 53.9 Å². The van der Waals surface area contributed by atoms with Gasteiger partial charge in [0.15, 0.2) is 0 Å². The van der Waals surface area contributed by atoms with Gasteiger partial charge in [-0.15, -0.1) is 0 Å². The van der Waals surface area contributed by atoms with Crippen LogP contribution in [0.2, 0.25) is 0 Å². The monoisotopic (exact) mass is 679 g/mol. The second kappa shape index (κ2) is 14.6. The number of aryl methyl sites for hydroxylation is 1. The number of hydrogen-bond donors (Lipinski definition) is 2. The number of carbonyl (C=O) groups is 3. The maximum Gasteiger partial charge on any atom is 0.256 e. The van der Waals surface area contributed by atoms with Crippen molar-refractivity contribution in [2.24, 2.45) is 12.0 Å². The van der Waals surface area contributed by atoms with Crippen molar-refractivity contribution in [2.75, 3.05) is 58.2 Å². The number of nitrogens with one attached hydrogen (secondary N) is 2. The number of pyridine rings is 1. The van der Waals surface area contributed by atoms with Crippen molar-refractivity contribution in [3.05, 3.63) is 81.3 Å². The number of piperazine rings is 1. The summed E-state index contributed by atoms with van der Waals surface area (Å²) in [5.41, 5.74) is 6.82. The largest absolute Gasteiger partial charge is 0.496 e. The van der Waals surface area contributed by atoms with Crippen molar-refractivity contribution in [2.45, 2.75) is 50.7 Å². The van der Waals surface area contributed by atoms with Crippen LogP contribution in [0.3, 0.4) is 0 Å². The Morgan fingerprint density at radius 1 is 0.960 bits per heavy atom. The topological polar surface area (TPSA) is 129 Å². The third-order valence-corrected chi connectivity index (χ3v) is 10.6. The van der Waals surface area contributed by atoms with Gasteiger partial charge in [0.1, 0.15) is 11.8 Å². The summed E-state index contributed by atoms with van der Waals surface area (Å²) >= 11 is 0. The van der Waals surface area contributed by atoms with Crippen LogP contribution in [0.15, 0.2) is 58.4 Å². The molecular formula is C38H45N7O5. The lowest BCUT2D eigenvalue weighted by molar-refractivity contribution is -0.135. The molecule has 0 radical (unpaired) electrons. The summed E-state index contributed by atoms with van der Waals surface area (Å²) in [6, 6.07) is 14.1. The Balaban J connectivity index is 0.867. The van der Waals surface area contributed by atoms with Crippen LogP contribution in [0.25, 0.3) is 11.1 Å². The maximum absolute atomic E-state index is 13.3. The van der Waals surface area contributed by atoms with Gasteiger partial charge in [0, 0.05) is 86.5 Å². The van der Waals surface area contributed by atoms with Crippen molar-refractivity contribution in [3.8, 4) is 16.9 Å². The Bertz CT molecular complexity index is 1850. The molecule has 262 valence electrons. The molecule has 4 aliphatic rings. The minimum Gasteiger partial charge on any atom is -0.496 e. The third-order valence-electron chi connectivity index (χ3n) is 10.6. The molecule has 12 heteroatoms. The highest BCUT2D eigenvalue weighted by molar-refractivity contribution is 6.01. The number of ether oxygens (including phenoxy) is 1. The van der Waals surface area contributed by atoms with Crippen LogP contribution in [-0.4, -0.2) is 102 Å². The number of imide groups is 1. The van der Waals surface area contributed by atoms with Crippen molar-refractivity contribution in [3.63, 3.8) is 0 Å². The van der Waals surface area contributed by atoms with Gasteiger partial charge in [-0.3, -0.25) is 39.3 Å². The summed E-state index contributed by atoms with van der Waals surface area (Å²) in [5, 5.41) is 5.63. The van der Waals surface area contributed by atoms with E-state index < -0.39 is 0 Å². The molecular weight excluding hydrogens is 634 g/mol. The third kappa shape index (κ3) is 7.22. The fraction of sp³-hybridized carbons (Fsp3) is 0.447. The van der Waals surface area contributed by atoms with E-state index in [0.29, 0.717) is 44.9 Å². The van der Waals surface area contributed by atoms with Gasteiger partial charge in [0.05, 0.1) is 20.2 Å². The number of carbonyl (C=O) groups excluding carboxylic acids is 3. The fourth-order valence-electron chi connectivity index (χ4n) is 7.61. The average Bonchev–Trinajstić information content (AvgIpc) is 3.63. The Labute approximate surface area is 292 Å². The van der Waals surface area contributed by atoms with E-state index in [9.17, 15) is 19.2 Å². The molecule has 7 rings (SSSR count). The molecule has 1 aromatic heterocycles. The van der Waals surface area contributed by atoms with Gasteiger partial charge >= 0.3 is 0 Å². The van der Waals surface area contributed by atoms with E-state index >= 15 is 0 Å². The van der Waals surface area contributed by atoms with Gasteiger partial charge in [-0.2, -0.15) is 0 Å². The van der Waals surface area contributed by atoms with Crippen molar-refractivity contribution >= 4 is 29.6 Å². The van der Waals surface area contributed by atoms with E-state index in [-0.39, 0.29) is 29.3 Å². The van der Waals surface area contributed by atoms with Gasteiger partial charge < -0.3 is 19.5 Å². The highest BCUT2D eigenvalue weighted by Gasteiger charge is 2.28. The lowest BCUT2D eigenvalue weighted by Gasteiger charge is -2.37. The number of amides is 3. The average molecular weight is 680 g/mol. The van der Waals surface area contributed by atoms with E-state index in [1.54, 1.807) is 24.9 Å². The molecule has 0 bridgehead atoms. The van der Waals surface area contributed by atoms with Gasteiger partial charge in [0.2, 0.25) is 17.7 Å². The molecule has 3 amide bonds. The van der Waals surface area contributed by atoms with Gasteiger partial charge in [-0.1, -0.05) is 24.3 Å². The van der Waals surface area contributed by atoms with Crippen LogP contribution < -0.4 is 20.9 Å². The molecule has 50 heavy (non-hydrogen) atoms. The molecule has 0 aliphatic carbocycles. The predicted molar refractivity (Wildman–Crippen MR) is 191 cm³/mol. The zero-order chi connectivity index (χ0) is 34.8. The quantitative estimate of drug-likeness (QED) is 0.331. The fourth-order valence-corrected chi connectivity index (χ4v) is 7.61. The molecule has 12 nitrogen and oxygen atoms in total. The van der Waals surface area contributed by atoms with Crippen LogP contribution in [0.4, 0.5) is 5.69 Å². The van der Waals surface area contributed by atoms with Crippen molar-refractivity contribution < 1.29 is 19.1 Å². The lowest BCUT2D eigenvalue weighted by Crippen LogP contribution is -2.51. The van der Waals surface area contributed by atoms with Crippen molar-refractivity contribution in [1.29, 1.82) is 0 Å².